The van der Waals surface area contributed by atoms with Crippen molar-refractivity contribution in [1.29, 1.82) is 10.5 Å². The van der Waals surface area contributed by atoms with Crippen LogP contribution >= 0.6 is 7.14 Å². The van der Waals surface area contributed by atoms with Crippen LogP contribution in [0.1, 0.15) is 6.42 Å². The van der Waals surface area contributed by atoms with E-state index in [1.54, 1.807) is 48.5 Å². The second-order valence-electron chi connectivity index (χ2n) is 4.34. The lowest BCUT2D eigenvalue weighted by Crippen LogP contribution is -2.24. The zero-order valence-electron chi connectivity index (χ0n) is 10.8. The van der Waals surface area contributed by atoms with Crippen LogP contribution in [0, 0.1) is 22.7 Å². The Balaban J connectivity index is 2.65. The van der Waals surface area contributed by atoms with Crippen LogP contribution < -0.4 is 10.6 Å². The molecule has 0 aliphatic carbocycles. The van der Waals surface area contributed by atoms with Gasteiger partial charge in [0.2, 0.25) is 0 Å². The highest BCUT2D eigenvalue weighted by Gasteiger charge is 2.36. The smallest absolute Gasteiger partial charge is 0.160 e. The Hall–Kier alpha value is -2.35. The summed E-state index contributed by atoms with van der Waals surface area (Å²) < 4.78 is 13.6. The van der Waals surface area contributed by atoms with Crippen LogP contribution in [-0.4, -0.2) is 5.66 Å². The van der Waals surface area contributed by atoms with Gasteiger partial charge in [0, 0.05) is 10.6 Å². The third-order valence-electron chi connectivity index (χ3n) is 3.15. The largest absolute Gasteiger partial charge is 0.312 e. The standard InChI is InChI=1S/C16H13N2OP/c17-12-11-16(13-18)20(19,14-7-3-1-4-8-14)15-9-5-2-6-10-15/h1-10,16H,11H2. The molecule has 0 amide bonds. The Kier molecular flexibility index (Phi) is 4.36. The first-order valence-electron chi connectivity index (χ1n) is 6.21. The molecule has 0 aliphatic rings. The van der Waals surface area contributed by atoms with Gasteiger partial charge in [-0.15, -0.1) is 0 Å². The zero-order chi connectivity index (χ0) is 14.4. The van der Waals surface area contributed by atoms with Gasteiger partial charge in [0.25, 0.3) is 0 Å². The molecular formula is C16H13N2OP. The van der Waals surface area contributed by atoms with E-state index < -0.39 is 12.8 Å². The summed E-state index contributed by atoms with van der Waals surface area (Å²) >= 11 is 0. The van der Waals surface area contributed by atoms with Crippen molar-refractivity contribution in [3.63, 3.8) is 0 Å². The van der Waals surface area contributed by atoms with Crippen molar-refractivity contribution in [2.24, 2.45) is 0 Å². The molecule has 0 bridgehead atoms. The van der Waals surface area contributed by atoms with Crippen LogP contribution in [0.4, 0.5) is 0 Å². The molecule has 0 fully saturated rings. The van der Waals surface area contributed by atoms with E-state index in [0.29, 0.717) is 10.6 Å². The van der Waals surface area contributed by atoms with Crippen molar-refractivity contribution in [3.8, 4) is 12.1 Å². The first kappa shape index (κ1) is 14.1. The van der Waals surface area contributed by atoms with Crippen molar-refractivity contribution >= 4 is 17.8 Å². The maximum absolute atomic E-state index is 13.6. The van der Waals surface area contributed by atoms with Crippen LogP contribution in [-0.2, 0) is 4.57 Å². The SMILES string of the molecule is N#CCC(C#N)P(=O)(c1ccccc1)c1ccccc1. The average molecular weight is 280 g/mol. The Bertz CT molecular complexity index is 655. The molecule has 0 radical (unpaired) electrons. The molecule has 0 aromatic heterocycles. The van der Waals surface area contributed by atoms with E-state index in [9.17, 15) is 9.83 Å². The molecule has 0 N–H and O–H groups in total. The van der Waals surface area contributed by atoms with Crippen molar-refractivity contribution in [2.45, 2.75) is 12.1 Å². The normalized spacial score (nSPS) is 12.1. The van der Waals surface area contributed by atoms with Gasteiger partial charge in [-0.1, -0.05) is 60.7 Å². The van der Waals surface area contributed by atoms with Crippen molar-refractivity contribution in [2.75, 3.05) is 0 Å². The fourth-order valence-corrected chi connectivity index (χ4v) is 4.90. The fraction of sp³-hybridized carbons (Fsp3) is 0.125. The van der Waals surface area contributed by atoms with Crippen LogP contribution in [0.3, 0.4) is 0 Å². The topological polar surface area (TPSA) is 64.7 Å². The van der Waals surface area contributed by atoms with Gasteiger partial charge < -0.3 is 4.57 Å². The molecule has 0 spiro atoms. The number of hydrogen-bond donors (Lipinski definition) is 0. The van der Waals surface area contributed by atoms with Crippen LogP contribution in [0.5, 0.6) is 0 Å². The summed E-state index contributed by atoms with van der Waals surface area (Å²) in [6.07, 6.45) is -0.0441. The first-order valence-corrected chi connectivity index (χ1v) is 7.98. The van der Waals surface area contributed by atoms with Gasteiger partial charge in [-0.2, -0.15) is 10.5 Å². The number of hydrogen-bond acceptors (Lipinski definition) is 3. The third-order valence-corrected chi connectivity index (χ3v) is 6.46. The van der Waals surface area contributed by atoms with E-state index in [1.807, 2.05) is 18.2 Å². The van der Waals surface area contributed by atoms with Gasteiger partial charge in [-0.3, -0.25) is 0 Å². The van der Waals surface area contributed by atoms with Gasteiger partial charge in [0.05, 0.1) is 18.6 Å². The van der Waals surface area contributed by atoms with Gasteiger partial charge in [-0.25, -0.2) is 0 Å². The van der Waals surface area contributed by atoms with Crippen molar-refractivity contribution < 1.29 is 4.57 Å². The van der Waals surface area contributed by atoms with Crippen LogP contribution in [0.25, 0.3) is 0 Å². The summed E-state index contributed by atoms with van der Waals surface area (Å²) in [7, 11) is -3.13. The molecule has 1 atom stereocenters. The Labute approximate surface area is 118 Å². The molecule has 3 nitrogen and oxygen atoms in total. The summed E-state index contributed by atoms with van der Waals surface area (Å²) in [6, 6.07) is 21.9. The minimum absolute atomic E-state index is 0.0441. The predicted molar refractivity (Wildman–Crippen MR) is 79.4 cm³/mol. The molecule has 0 aliphatic heterocycles. The molecule has 2 rings (SSSR count). The Morgan fingerprint density at radius 1 is 0.900 bits per heavy atom. The second kappa shape index (κ2) is 6.20. The third kappa shape index (κ3) is 2.50. The fourth-order valence-electron chi connectivity index (χ4n) is 2.15. The van der Waals surface area contributed by atoms with Crippen molar-refractivity contribution in [3.05, 3.63) is 60.7 Å². The lowest BCUT2D eigenvalue weighted by atomic mass is 10.3. The van der Waals surface area contributed by atoms with Crippen LogP contribution in [0.15, 0.2) is 60.7 Å². The molecular weight excluding hydrogens is 267 g/mol. The summed E-state index contributed by atoms with van der Waals surface area (Å²) in [5.41, 5.74) is -0.822. The van der Waals surface area contributed by atoms with Gasteiger partial charge >= 0.3 is 0 Å². The van der Waals surface area contributed by atoms with E-state index >= 15 is 0 Å². The number of benzene rings is 2. The van der Waals surface area contributed by atoms with Gasteiger partial charge in [0.15, 0.2) is 7.14 Å². The monoisotopic (exact) mass is 280 g/mol. The molecule has 2 aromatic carbocycles. The molecule has 0 saturated carbocycles. The molecule has 1 unspecified atom stereocenters. The van der Waals surface area contributed by atoms with E-state index in [-0.39, 0.29) is 6.42 Å². The number of nitrogens with zero attached hydrogens (tertiary/aromatic N) is 2. The molecule has 0 saturated heterocycles. The highest BCUT2D eigenvalue weighted by Crippen LogP contribution is 2.49. The molecule has 4 heteroatoms. The minimum Gasteiger partial charge on any atom is -0.312 e. The van der Waals surface area contributed by atoms with E-state index in [0.717, 1.165) is 0 Å². The molecule has 20 heavy (non-hydrogen) atoms. The maximum atomic E-state index is 13.6. The predicted octanol–water partition coefficient (Wildman–Crippen LogP) is 2.81. The van der Waals surface area contributed by atoms with Gasteiger partial charge in [0.1, 0.15) is 5.66 Å². The van der Waals surface area contributed by atoms with Crippen LogP contribution in [0.2, 0.25) is 0 Å². The number of rotatable bonds is 4. The second-order valence-corrected chi connectivity index (χ2v) is 7.31. The lowest BCUT2D eigenvalue weighted by molar-refractivity contribution is 0.583. The molecule has 0 heterocycles. The van der Waals surface area contributed by atoms with E-state index in [4.69, 9.17) is 5.26 Å². The van der Waals surface area contributed by atoms with E-state index in [1.165, 1.54) is 0 Å². The zero-order valence-corrected chi connectivity index (χ0v) is 11.7. The van der Waals surface area contributed by atoms with Crippen molar-refractivity contribution in [1.82, 2.24) is 0 Å². The maximum Gasteiger partial charge on any atom is 0.160 e. The Morgan fingerprint density at radius 3 is 1.70 bits per heavy atom. The van der Waals surface area contributed by atoms with E-state index in [2.05, 4.69) is 6.07 Å². The Morgan fingerprint density at radius 2 is 1.35 bits per heavy atom. The molecule has 2 aromatic rings. The van der Waals surface area contributed by atoms with Gasteiger partial charge in [-0.05, 0) is 0 Å². The summed E-state index contributed by atoms with van der Waals surface area (Å²) in [5.74, 6) is 0. The summed E-state index contributed by atoms with van der Waals surface area (Å²) in [4.78, 5) is 0. The number of nitriles is 2. The lowest BCUT2D eigenvalue weighted by Gasteiger charge is -2.22. The quantitative estimate of drug-likeness (QED) is 0.809. The molecule has 98 valence electrons. The summed E-state index contributed by atoms with van der Waals surface area (Å²) in [5, 5.41) is 19.5. The summed E-state index contributed by atoms with van der Waals surface area (Å²) in [6.45, 7) is 0. The highest BCUT2D eigenvalue weighted by molar-refractivity contribution is 7.79. The highest BCUT2D eigenvalue weighted by atomic mass is 31.2. The minimum atomic E-state index is -3.13. The first-order chi connectivity index (χ1) is 9.73. The average Bonchev–Trinajstić information content (AvgIpc) is 2.53.